The van der Waals surface area contributed by atoms with Crippen molar-refractivity contribution in [1.82, 2.24) is 0 Å². The molecule has 1 rings (SSSR count). The fourth-order valence-corrected chi connectivity index (χ4v) is 1.17. The molecule has 0 saturated heterocycles. The van der Waals surface area contributed by atoms with Crippen LogP contribution in [0.4, 0.5) is 0 Å². The van der Waals surface area contributed by atoms with E-state index in [1.54, 1.807) is 31.2 Å². The fourth-order valence-electron chi connectivity index (χ4n) is 1.17. The second-order valence-corrected chi connectivity index (χ2v) is 3.17. The summed E-state index contributed by atoms with van der Waals surface area (Å²) in [6.07, 6.45) is 0.215. The summed E-state index contributed by atoms with van der Waals surface area (Å²) in [5.41, 5.74) is 1.45. The monoisotopic (exact) mass is 180 g/mol. The highest BCUT2D eigenvalue weighted by Crippen LogP contribution is 2.01. The predicted molar refractivity (Wildman–Crippen MR) is 51.7 cm³/mol. The molecule has 1 aromatic carbocycles. The second-order valence-electron chi connectivity index (χ2n) is 3.17. The molecule has 0 aromatic heterocycles. The van der Waals surface area contributed by atoms with E-state index in [0.717, 1.165) is 5.56 Å². The van der Waals surface area contributed by atoms with Gasteiger partial charge in [-0.3, -0.25) is 0 Å². The molecule has 0 aliphatic carbocycles. The maximum atomic E-state index is 9.09. The maximum absolute atomic E-state index is 9.09. The smallest absolute Gasteiger partial charge is 0.423 e. The Morgan fingerprint density at radius 3 is 2.15 bits per heavy atom. The number of benzene rings is 1. The zero-order chi connectivity index (χ0) is 9.84. The summed E-state index contributed by atoms with van der Waals surface area (Å²) in [6.45, 7) is 1.72. The van der Waals surface area contributed by atoms with Crippen molar-refractivity contribution >= 4 is 12.6 Å². The van der Waals surface area contributed by atoms with Crippen molar-refractivity contribution in [2.24, 2.45) is 0 Å². The summed E-state index contributed by atoms with van der Waals surface area (Å²) in [7, 11) is -1.42. The Hall–Kier alpha value is -0.835. The van der Waals surface area contributed by atoms with Crippen LogP contribution in [0.1, 0.15) is 12.5 Å². The van der Waals surface area contributed by atoms with E-state index in [2.05, 4.69) is 0 Å². The quantitative estimate of drug-likeness (QED) is 0.538. The minimum Gasteiger partial charge on any atom is -0.423 e. The van der Waals surface area contributed by atoms with Gasteiger partial charge in [-0.1, -0.05) is 24.3 Å². The van der Waals surface area contributed by atoms with Crippen LogP contribution in [0.2, 0.25) is 0 Å². The summed E-state index contributed by atoms with van der Waals surface area (Å²) in [5, 5.41) is 26.7. The Kier molecular flexibility index (Phi) is 3.48. The van der Waals surface area contributed by atoms with Gasteiger partial charge in [-0.2, -0.15) is 0 Å². The zero-order valence-electron chi connectivity index (χ0n) is 7.51. The molecule has 0 aliphatic rings. The predicted octanol–water partition coefficient (Wildman–Crippen LogP) is -0.710. The first kappa shape index (κ1) is 10.2. The SMILES string of the molecule is C[C@H](O)Cc1ccc(B(O)O)cc1. The molecule has 0 fully saturated rings. The molecule has 70 valence electrons. The molecule has 0 amide bonds. The van der Waals surface area contributed by atoms with Crippen LogP contribution in [-0.4, -0.2) is 28.4 Å². The number of aliphatic hydroxyl groups excluding tert-OH is 1. The molecule has 13 heavy (non-hydrogen) atoms. The lowest BCUT2D eigenvalue weighted by Crippen LogP contribution is -2.29. The number of aliphatic hydroxyl groups is 1. The Morgan fingerprint density at radius 2 is 1.77 bits per heavy atom. The molecule has 0 radical (unpaired) electrons. The summed E-state index contributed by atoms with van der Waals surface area (Å²) in [4.78, 5) is 0. The molecule has 4 heteroatoms. The van der Waals surface area contributed by atoms with E-state index in [9.17, 15) is 0 Å². The Bertz CT molecular complexity index is 256. The third kappa shape index (κ3) is 3.18. The lowest BCUT2D eigenvalue weighted by molar-refractivity contribution is 0.195. The molecule has 0 bridgehead atoms. The molecule has 0 saturated carbocycles. The highest BCUT2D eigenvalue weighted by molar-refractivity contribution is 6.58. The summed E-state index contributed by atoms with van der Waals surface area (Å²) in [5.74, 6) is 0. The lowest BCUT2D eigenvalue weighted by atomic mass is 9.80. The molecule has 3 nitrogen and oxygen atoms in total. The average Bonchev–Trinajstić information content (AvgIpc) is 2.04. The molecule has 0 unspecified atom stereocenters. The molecule has 0 heterocycles. The van der Waals surface area contributed by atoms with Gasteiger partial charge >= 0.3 is 7.12 Å². The number of hydrogen-bond donors (Lipinski definition) is 3. The third-order valence-corrected chi connectivity index (χ3v) is 1.81. The normalized spacial score (nSPS) is 12.6. The van der Waals surface area contributed by atoms with Crippen molar-refractivity contribution in [3.05, 3.63) is 29.8 Å². The molecule has 3 N–H and O–H groups in total. The first-order chi connectivity index (χ1) is 6.09. The van der Waals surface area contributed by atoms with Crippen molar-refractivity contribution in [2.45, 2.75) is 19.4 Å². The van der Waals surface area contributed by atoms with Gasteiger partial charge in [0.2, 0.25) is 0 Å². The minimum absolute atomic E-state index is 0.370. The van der Waals surface area contributed by atoms with Gasteiger partial charge in [-0.05, 0) is 24.4 Å². The first-order valence-corrected chi connectivity index (χ1v) is 4.22. The highest BCUT2D eigenvalue weighted by Gasteiger charge is 2.09. The fraction of sp³-hybridized carbons (Fsp3) is 0.333. The van der Waals surface area contributed by atoms with E-state index >= 15 is 0 Å². The largest absolute Gasteiger partial charge is 0.488 e. The van der Waals surface area contributed by atoms with Gasteiger partial charge in [0.25, 0.3) is 0 Å². The van der Waals surface area contributed by atoms with Crippen LogP contribution in [0.15, 0.2) is 24.3 Å². The molecule has 1 atom stereocenters. The van der Waals surface area contributed by atoms with Crippen molar-refractivity contribution in [3.63, 3.8) is 0 Å². The van der Waals surface area contributed by atoms with Gasteiger partial charge in [-0.15, -0.1) is 0 Å². The van der Waals surface area contributed by atoms with Gasteiger partial charge in [0.15, 0.2) is 0 Å². The topological polar surface area (TPSA) is 60.7 Å². The molecular weight excluding hydrogens is 167 g/mol. The number of rotatable bonds is 3. The van der Waals surface area contributed by atoms with Gasteiger partial charge in [-0.25, -0.2) is 0 Å². The van der Waals surface area contributed by atoms with Crippen LogP contribution in [0.5, 0.6) is 0 Å². The lowest BCUT2D eigenvalue weighted by Gasteiger charge is -2.05. The van der Waals surface area contributed by atoms with Crippen LogP contribution >= 0.6 is 0 Å². The van der Waals surface area contributed by atoms with Gasteiger partial charge < -0.3 is 15.2 Å². The van der Waals surface area contributed by atoms with Gasteiger partial charge in [0, 0.05) is 0 Å². The average molecular weight is 180 g/mol. The van der Waals surface area contributed by atoms with E-state index in [1.165, 1.54) is 0 Å². The molecule has 1 aromatic rings. The van der Waals surface area contributed by atoms with Crippen molar-refractivity contribution in [2.75, 3.05) is 0 Å². The highest BCUT2D eigenvalue weighted by atomic mass is 16.4. The van der Waals surface area contributed by atoms with E-state index in [-0.39, 0.29) is 6.10 Å². The van der Waals surface area contributed by atoms with Crippen molar-refractivity contribution < 1.29 is 15.2 Å². The van der Waals surface area contributed by atoms with Crippen LogP contribution in [0.3, 0.4) is 0 Å². The van der Waals surface area contributed by atoms with Crippen LogP contribution in [-0.2, 0) is 6.42 Å². The van der Waals surface area contributed by atoms with Crippen LogP contribution in [0, 0.1) is 0 Å². The first-order valence-electron chi connectivity index (χ1n) is 4.22. The second kappa shape index (κ2) is 4.41. The zero-order valence-corrected chi connectivity index (χ0v) is 7.51. The van der Waals surface area contributed by atoms with E-state index in [1.807, 2.05) is 0 Å². The van der Waals surface area contributed by atoms with E-state index in [4.69, 9.17) is 15.2 Å². The summed E-state index contributed by atoms with van der Waals surface area (Å²) < 4.78 is 0. The Labute approximate surface area is 77.8 Å². The summed E-state index contributed by atoms with van der Waals surface area (Å²) >= 11 is 0. The van der Waals surface area contributed by atoms with Crippen molar-refractivity contribution in [3.8, 4) is 0 Å². The van der Waals surface area contributed by atoms with Crippen LogP contribution < -0.4 is 5.46 Å². The maximum Gasteiger partial charge on any atom is 0.488 e. The minimum atomic E-state index is -1.42. The van der Waals surface area contributed by atoms with Crippen molar-refractivity contribution in [1.29, 1.82) is 0 Å². The van der Waals surface area contributed by atoms with Crippen LogP contribution in [0.25, 0.3) is 0 Å². The van der Waals surface area contributed by atoms with E-state index in [0.29, 0.717) is 11.9 Å². The number of hydrogen-bond acceptors (Lipinski definition) is 3. The Morgan fingerprint density at radius 1 is 1.23 bits per heavy atom. The standard InChI is InChI=1S/C9H13BO3/c1-7(11)6-8-2-4-9(5-3-8)10(12)13/h2-5,7,11-13H,6H2,1H3/t7-/m0/s1. The third-order valence-electron chi connectivity index (χ3n) is 1.81. The van der Waals surface area contributed by atoms with Gasteiger partial charge in [0.05, 0.1) is 6.10 Å². The molecule has 0 aliphatic heterocycles. The molecular formula is C9H13BO3. The Balaban J connectivity index is 2.70. The summed E-state index contributed by atoms with van der Waals surface area (Å²) in [6, 6.07) is 6.84. The molecule has 0 spiro atoms. The van der Waals surface area contributed by atoms with E-state index < -0.39 is 7.12 Å². The van der Waals surface area contributed by atoms with Gasteiger partial charge in [0.1, 0.15) is 0 Å².